The van der Waals surface area contributed by atoms with Crippen molar-refractivity contribution in [3.63, 3.8) is 0 Å². The van der Waals surface area contributed by atoms with Crippen molar-refractivity contribution in [2.75, 3.05) is 11.9 Å². The molecular formula is C13H12FN3S. The monoisotopic (exact) mass is 261 g/mol. The van der Waals surface area contributed by atoms with Crippen LogP contribution < -0.4 is 5.32 Å². The first-order chi connectivity index (χ1) is 8.69. The van der Waals surface area contributed by atoms with Gasteiger partial charge in [-0.05, 0) is 25.1 Å². The standard InChI is InChI=1S/C13H12FN3S/c1-9-8-17-13(18-9)4-5-16-12-3-2-10(7-15)6-11(12)14/h2-3,6,8,16H,4-5H2,1H3. The molecule has 0 amide bonds. The second-order valence-corrected chi connectivity index (χ2v) is 5.17. The first-order valence-corrected chi connectivity index (χ1v) is 6.35. The van der Waals surface area contributed by atoms with E-state index in [1.54, 1.807) is 23.5 Å². The van der Waals surface area contributed by atoms with Crippen molar-refractivity contribution in [2.24, 2.45) is 0 Å². The lowest BCUT2D eigenvalue weighted by molar-refractivity contribution is 0.629. The first-order valence-electron chi connectivity index (χ1n) is 5.54. The lowest BCUT2D eigenvalue weighted by atomic mass is 10.2. The van der Waals surface area contributed by atoms with Crippen LogP contribution in [0.3, 0.4) is 0 Å². The van der Waals surface area contributed by atoms with E-state index in [0.717, 1.165) is 11.4 Å². The molecule has 0 unspecified atom stereocenters. The third-order valence-electron chi connectivity index (χ3n) is 2.42. The van der Waals surface area contributed by atoms with E-state index in [9.17, 15) is 4.39 Å². The molecule has 1 N–H and O–H groups in total. The van der Waals surface area contributed by atoms with Gasteiger partial charge in [0.25, 0.3) is 0 Å². The van der Waals surface area contributed by atoms with E-state index in [1.807, 2.05) is 19.2 Å². The smallest absolute Gasteiger partial charge is 0.147 e. The summed E-state index contributed by atoms with van der Waals surface area (Å²) in [6.07, 6.45) is 2.60. The number of nitrogens with zero attached hydrogens (tertiary/aromatic N) is 2. The van der Waals surface area contributed by atoms with Crippen LogP contribution in [-0.4, -0.2) is 11.5 Å². The van der Waals surface area contributed by atoms with Gasteiger partial charge in [-0.25, -0.2) is 9.37 Å². The third kappa shape index (κ3) is 3.05. The molecular weight excluding hydrogens is 249 g/mol. The number of nitriles is 1. The van der Waals surface area contributed by atoms with Crippen LogP contribution >= 0.6 is 11.3 Å². The number of aryl methyl sites for hydroxylation is 1. The Bertz CT molecular complexity index is 586. The minimum absolute atomic E-state index is 0.327. The molecule has 0 aliphatic rings. The summed E-state index contributed by atoms with van der Waals surface area (Å²) in [6.45, 7) is 2.63. The second kappa shape index (κ2) is 5.61. The van der Waals surface area contributed by atoms with Crippen LogP contribution in [-0.2, 0) is 6.42 Å². The Labute approximate surface area is 109 Å². The van der Waals surface area contributed by atoms with E-state index in [2.05, 4.69) is 10.3 Å². The number of aromatic nitrogens is 1. The highest BCUT2D eigenvalue weighted by Crippen LogP contribution is 2.16. The van der Waals surface area contributed by atoms with Gasteiger partial charge in [0.05, 0.1) is 22.3 Å². The molecule has 0 aliphatic heterocycles. The molecule has 1 aromatic heterocycles. The number of hydrogen-bond acceptors (Lipinski definition) is 4. The summed E-state index contributed by atoms with van der Waals surface area (Å²) in [7, 11) is 0. The van der Waals surface area contributed by atoms with Crippen LogP contribution in [0.25, 0.3) is 0 Å². The van der Waals surface area contributed by atoms with Gasteiger partial charge in [0.2, 0.25) is 0 Å². The highest BCUT2D eigenvalue weighted by molar-refractivity contribution is 7.11. The van der Waals surface area contributed by atoms with Gasteiger partial charge < -0.3 is 5.32 Å². The quantitative estimate of drug-likeness (QED) is 0.920. The molecule has 18 heavy (non-hydrogen) atoms. The Kier molecular flexibility index (Phi) is 3.90. The van der Waals surface area contributed by atoms with Crippen LogP contribution in [0.5, 0.6) is 0 Å². The highest BCUT2D eigenvalue weighted by Gasteiger charge is 2.03. The summed E-state index contributed by atoms with van der Waals surface area (Å²) in [5, 5.41) is 12.7. The Morgan fingerprint density at radius 1 is 1.50 bits per heavy atom. The van der Waals surface area contributed by atoms with Crippen molar-refractivity contribution in [2.45, 2.75) is 13.3 Å². The minimum Gasteiger partial charge on any atom is -0.382 e. The number of hydrogen-bond donors (Lipinski definition) is 1. The van der Waals surface area contributed by atoms with Crippen LogP contribution in [0, 0.1) is 24.1 Å². The predicted octanol–water partition coefficient (Wildman–Crippen LogP) is 3.12. The van der Waals surface area contributed by atoms with E-state index < -0.39 is 5.82 Å². The lowest BCUT2D eigenvalue weighted by Gasteiger charge is -2.06. The normalized spacial score (nSPS) is 10.1. The molecule has 1 aromatic carbocycles. The molecule has 0 spiro atoms. The van der Waals surface area contributed by atoms with Gasteiger partial charge >= 0.3 is 0 Å². The van der Waals surface area contributed by atoms with Gasteiger partial charge in [-0.15, -0.1) is 11.3 Å². The third-order valence-corrected chi connectivity index (χ3v) is 3.39. The van der Waals surface area contributed by atoms with Crippen molar-refractivity contribution in [1.29, 1.82) is 5.26 Å². The Morgan fingerprint density at radius 3 is 2.94 bits per heavy atom. The molecule has 0 atom stereocenters. The number of thiazole rings is 1. The molecule has 5 heteroatoms. The van der Waals surface area contributed by atoms with E-state index >= 15 is 0 Å². The maximum Gasteiger partial charge on any atom is 0.147 e. The molecule has 0 saturated heterocycles. The SMILES string of the molecule is Cc1cnc(CCNc2ccc(C#N)cc2F)s1. The Balaban J connectivity index is 1.92. The number of rotatable bonds is 4. The topological polar surface area (TPSA) is 48.7 Å². The largest absolute Gasteiger partial charge is 0.382 e. The van der Waals surface area contributed by atoms with Crippen molar-refractivity contribution < 1.29 is 4.39 Å². The zero-order valence-electron chi connectivity index (χ0n) is 9.90. The van der Waals surface area contributed by atoms with Crippen molar-refractivity contribution in [3.05, 3.63) is 45.7 Å². The van der Waals surface area contributed by atoms with E-state index in [0.29, 0.717) is 17.8 Å². The molecule has 92 valence electrons. The number of halogens is 1. The summed E-state index contributed by atoms with van der Waals surface area (Å²) in [5.41, 5.74) is 0.746. The molecule has 2 rings (SSSR count). The van der Waals surface area contributed by atoms with Crippen molar-refractivity contribution >= 4 is 17.0 Å². The van der Waals surface area contributed by atoms with Crippen LogP contribution in [0.4, 0.5) is 10.1 Å². The summed E-state index contributed by atoms with van der Waals surface area (Å²) < 4.78 is 13.5. The molecule has 2 aromatic rings. The van der Waals surface area contributed by atoms with E-state index in [4.69, 9.17) is 5.26 Å². The lowest BCUT2D eigenvalue weighted by Crippen LogP contribution is -2.06. The van der Waals surface area contributed by atoms with Crippen LogP contribution in [0.15, 0.2) is 24.4 Å². The van der Waals surface area contributed by atoms with E-state index in [-0.39, 0.29) is 0 Å². The molecule has 3 nitrogen and oxygen atoms in total. The molecule has 0 bridgehead atoms. The molecule has 0 saturated carbocycles. The van der Waals surface area contributed by atoms with Gasteiger partial charge in [0.1, 0.15) is 5.82 Å². The number of nitrogens with one attached hydrogen (secondary N) is 1. The average Bonchev–Trinajstić information content (AvgIpc) is 2.77. The van der Waals surface area contributed by atoms with Gasteiger partial charge in [-0.2, -0.15) is 5.26 Å². The maximum atomic E-state index is 13.5. The number of benzene rings is 1. The molecule has 0 fully saturated rings. The maximum absolute atomic E-state index is 13.5. The molecule has 0 radical (unpaired) electrons. The second-order valence-electron chi connectivity index (χ2n) is 3.85. The van der Waals surface area contributed by atoms with E-state index in [1.165, 1.54) is 10.9 Å². The first kappa shape index (κ1) is 12.5. The Hall–Kier alpha value is -1.93. The average molecular weight is 261 g/mol. The van der Waals surface area contributed by atoms with Crippen LogP contribution in [0.1, 0.15) is 15.4 Å². The minimum atomic E-state index is -0.399. The fourth-order valence-electron chi connectivity index (χ4n) is 1.55. The summed E-state index contributed by atoms with van der Waals surface area (Å²) in [5.74, 6) is -0.399. The van der Waals surface area contributed by atoms with Gasteiger partial charge in [-0.3, -0.25) is 0 Å². The molecule has 0 aliphatic carbocycles. The van der Waals surface area contributed by atoms with Crippen LogP contribution in [0.2, 0.25) is 0 Å². The number of anilines is 1. The highest BCUT2D eigenvalue weighted by atomic mass is 32.1. The van der Waals surface area contributed by atoms with Crippen molar-refractivity contribution in [1.82, 2.24) is 4.98 Å². The fourth-order valence-corrected chi connectivity index (χ4v) is 2.34. The summed E-state index contributed by atoms with van der Waals surface area (Å²) in [4.78, 5) is 5.41. The summed E-state index contributed by atoms with van der Waals surface area (Å²) in [6, 6.07) is 6.32. The Morgan fingerprint density at radius 2 is 2.33 bits per heavy atom. The molecule has 1 heterocycles. The summed E-state index contributed by atoms with van der Waals surface area (Å²) >= 11 is 1.65. The zero-order chi connectivity index (χ0) is 13.0. The van der Waals surface area contributed by atoms with Crippen molar-refractivity contribution in [3.8, 4) is 6.07 Å². The predicted molar refractivity (Wildman–Crippen MR) is 70.2 cm³/mol. The van der Waals surface area contributed by atoms with Gasteiger partial charge in [0.15, 0.2) is 0 Å². The zero-order valence-corrected chi connectivity index (χ0v) is 10.7. The fraction of sp³-hybridized carbons (Fsp3) is 0.231. The van der Waals surface area contributed by atoms with Gasteiger partial charge in [0, 0.05) is 24.0 Å². The van der Waals surface area contributed by atoms with Gasteiger partial charge in [-0.1, -0.05) is 0 Å².